The molecule has 1 heterocycles. The molecule has 0 aliphatic carbocycles. The molecule has 0 aliphatic rings. The van der Waals surface area contributed by atoms with Gasteiger partial charge in [0.2, 0.25) is 5.82 Å². The van der Waals surface area contributed by atoms with Gasteiger partial charge in [0.1, 0.15) is 5.82 Å². The topological polar surface area (TPSA) is 60.2 Å². The Morgan fingerprint density at radius 3 is 2.94 bits per heavy atom. The molecule has 1 aromatic carbocycles. The van der Waals surface area contributed by atoms with Crippen molar-refractivity contribution in [1.82, 2.24) is 10.1 Å². The highest BCUT2D eigenvalue weighted by Crippen LogP contribution is 2.20. The van der Waals surface area contributed by atoms with Gasteiger partial charge in [-0.25, -0.2) is 4.39 Å². The standard InChI is InChI=1S/C12H14FN3O2/c1-8-5-9(7-10(13)6-8)11-15-12(18-16-11)14-3-4-17-2/h5-7H,3-4H2,1-2H3,(H,14,15,16). The van der Waals surface area contributed by atoms with Crippen molar-refractivity contribution in [3.8, 4) is 11.4 Å². The minimum Gasteiger partial charge on any atom is -0.383 e. The molecule has 5 nitrogen and oxygen atoms in total. The monoisotopic (exact) mass is 251 g/mol. The molecule has 1 aromatic heterocycles. The molecule has 0 spiro atoms. The molecule has 0 unspecified atom stereocenters. The molecule has 0 atom stereocenters. The summed E-state index contributed by atoms with van der Waals surface area (Å²) in [5.41, 5.74) is 1.40. The van der Waals surface area contributed by atoms with Gasteiger partial charge in [-0.2, -0.15) is 4.98 Å². The summed E-state index contributed by atoms with van der Waals surface area (Å²) in [6, 6.07) is 4.91. The molecule has 2 rings (SSSR count). The van der Waals surface area contributed by atoms with Gasteiger partial charge in [0, 0.05) is 19.2 Å². The number of aryl methyl sites for hydroxylation is 1. The maximum Gasteiger partial charge on any atom is 0.321 e. The summed E-state index contributed by atoms with van der Waals surface area (Å²) < 4.78 is 23.1. The molecule has 0 fully saturated rings. The van der Waals surface area contributed by atoms with Gasteiger partial charge in [-0.1, -0.05) is 5.16 Å². The molecule has 0 saturated carbocycles. The molecule has 0 aliphatic heterocycles. The zero-order valence-electron chi connectivity index (χ0n) is 10.2. The zero-order valence-corrected chi connectivity index (χ0v) is 10.2. The van der Waals surface area contributed by atoms with Crippen LogP contribution < -0.4 is 5.32 Å². The van der Waals surface area contributed by atoms with E-state index in [0.29, 0.717) is 30.6 Å². The molecule has 2 aromatic rings. The first-order chi connectivity index (χ1) is 8.69. The molecule has 18 heavy (non-hydrogen) atoms. The minimum absolute atomic E-state index is 0.295. The van der Waals surface area contributed by atoms with Gasteiger partial charge >= 0.3 is 6.01 Å². The van der Waals surface area contributed by atoms with Crippen LogP contribution in [0.4, 0.5) is 10.4 Å². The predicted molar refractivity (Wildman–Crippen MR) is 64.8 cm³/mol. The van der Waals surface area contributed by atoms with Crippen molar-refractivity contribution in [2.24, 2.45) is 0 Å². The van der Waals surface area contributed by atoms with Crippen molar-refractivity contribution < 1.29 is 13.7 Å². The lowest BCUT2D eigenvalue weighted by Gasteiger charge is -1.98. The van der Waals surface area contributed by atoms with Gasteiger partial charge in [-0.15, -0.1) is 0 Å². The zero-order chi connectivity index (χ0) is 13.0. The van der Waals surface area contributed by atoms with E-state index in [1.165, 1.54) is 12.1 Å². The van der Waals surface area contributed by atoms with Crippen LogP contribution in [-0.4, -0.2) is 30.4 Å². The third-order valence-corrected chi connectivity index (χ3v) is 2.31. The normalized spacial score (nSPS) is 10.6. The summed E-state index contributed by atoms with van der Waals surface area (Å²) in [6.07, 6.45) is 0. The Bertz CT molecular complexity index is 508. The average molecular weight is 251 g/mol. The van der Waals surface area contributed by atoms with E-state index in [1.807, 2.05) is 6.92 Å². The third kappa shape index (κ3) is 3.04. The first kappa shape index (κ1) is 12.5. The average Bonchev–Trinajstić information content (AvgIpc) is 2.77. The molecule has 6 heteroatoms. The van der Waals surface area contributed by atoms with E-state index >= 15 is 0 Å². The van der Waals surface area contributed by atoms with Crippen LogP contribution in [0, 0.1) is 12.7 Å². The molecular formula is C12H14FN3O2. The van der Waals surface area contributed by atoms with Crippen molar-refractivity contribution in [1.29, 1.82) is 0 Å². The van der Waals surface area contributed by atoms with E-state index in [9.17, 15) is 4.39 Å². The largest absolute Gasteiger partial charge is 0.383 e. The van der Waals surface area contributed by atoms with Gasteiger partial charge < -0.3 is 14.6 Å². The van der Waals surface area contributed by atoms with Crippen LogP contribution in [-0.2, 0) is 4.74 Å². The van der Waals surface area contributed by atoms with E-state index in [2.05, 4.69) is 15.5 Å². The first-order valence-electron chi connectivity index (χ1n) is 5.53. The van der Waals surface area contributed by atoms with Crippen molar-refractivity contribution in [3.63, 3.8) is 0 Å². The Balaban J connectivity index is 2.13. The van der Waals surface area contributed by atoms with E-state index in [-0.39, 0.29) is 5.82 Å². The van der Waals surface area contributed by atoms with Crippen LogP contribution in [0.5, 0.6) is 0 Å². The molecule has 0 amide bonds. The predicted octanol–water partition coefficient (Wildman–Crippen LogP) is 2.24. The molecule has 0 bridgehead atoms. The fraction of sp³-hybridized carbons (Fsp3) is 0.333. The fourth-order valence-corrected chi connectivity index (χ4v) is 1.54. The number of ether oxygens (including phenoxy) is 1. The third-order valence-electron chi connectivity index (χ3n) is 2.31. The van der Waals surface area contributed by atoms with Crippen molar-refractivity contribution in [2.45, 2.75) is 6.92 Å². The summed E-state index contributed by atoms with van der Waals surface area (Å²) in [6.45, 7) is 2.92. The van der Waals surface area contributed by atoms with E-state index in [4.69, 9.17) is 9.26 Å². The highest BCUT2D eigenvalue weighted by molar-refractivity contribution is 5.56. The minimum atomic E-state index is -0.316. The van der Waals surface area contributed by atoms with Gasteiger partial charge in [0.25, 0.3) is 0 Å². The van der Waals surface area contributed by atoms with Crippen LogP contribution in [0.1, 0.15) is 5.56 Å². The summed E-state index contributed by atoms with van der Waals surface area (Å²) >= 11 is 0. The van der Waals surface area contributed by atoms with Crippen LogP contribution in [0.3, 0.4) is 0 Å². The van der Waals surface area contributed by atoms with Crippen LogP contribution in [0.2, 0.25) is 0 Å². The molecular weight excluding hydrogens is 237 g/mol. The molecule has 1 N–H and O–H groups in total. The molecule has 0 radical (unpaired) electrons. The Morgan fingerprint density at radius 1 is 1.39 bits per heavy atom. The number of methoxy groups -OCH3 is 1. The van der Waals surface area contributed by atoms with Gasteiger partial charge in [0.15, 0.2) is 0 Å². The number of nitrogens with zero attached hydrogens (tertiary/aromatic N) is 2. The van der Waals surface area contributed by atoms with Crippen molar-refractivity contribution in [3.05, 3.63) is 29.6 Å². The first-order valence-corrected chi connectivity index (χ1v) is 5.53. The van der Waals surface area contributed by atoms with Crippen LogP contribution >= 0.6 is 0 Å². The second-order valence-corrected chi connectivity index (χ2v) is 3.86. The Hall–Kier alpha value is -1.95. The number of rotatable bonds is 5. The summed E-state index contributed by atoms with van der Waals surface area (Å²) in [5, 5.41) is 6.70. The lowest BCUT2D eigenvalue weighted by atomic mass is 10.1. The maximum atomic E-state index is 13.3. The Morgan fingerprint density at radius 2 is 2.22 bits per heavy atom. The second-order valence-electron chi connectivity index (χ2n) is 3.86. The Labute approximate surface area is 104 Å². The highest BCUT2D eigenvalue weighted by Gasteiger charge is 2.09. The van der Waals surface area contributed by atoms with Gasteiger partial charge in [-0.3, -0.25) is 0 Å². The number of aromatic nitrogens is 2. The molecule has 0 saturated heterocycles. The van der Waals surface area contributed by atoms with E-state index in [1.54, 1.807) is 13.2 Å². The SMILES string of the molecule is COCCNc1nc(-c2cc(C)cc(F)c2)no1. The van der Waals surface area contributed by atoms with Gasteiger partial charge in [0.05, 0.1) is 6.61 Å². The van der Waals surface area contributed by atoms with Crippen LogP contribution in [0.15, 0.2) is 22.7 Å². The summed E-state index contributed by atoms with van der Waals surface area (Å²) in [4.78, 5) is 4.12. The fourth-order valence-electron chi connectivity index (χ4n) is 1.54. The lowest BCUT2D eigenvalue weighted by molar-refractivity contribution is 0.210. The molecule has 96 valence electrons. The number of halogens is 1. The maximum absolute atomic E-state index is 13.3. The quantitative estimate of drug-likeness (QED) is 0.826. The van der Waals surface area contributed by atoms with Crippen LogP contribution in [0.25, 0.3) is 11.4 Å². The Kier molecular flexibility index (Phi) is 3.88. The number of benzene rings is 1. The van der Waals surface area contributed by atoms with Crippen molar-refractivity contribution in [2.75, 3.05) is 25.6 Å². The highest BCUT2D eigenvalue weighted by atomic mass is 19.1. The smallest absolute Gasteiger partial charge is 0.321 e. The van der Waals surface area contributed by atoms with E-state index in [0.717, 1.165) is 5.56 Å². The number of hydrogen-bond donors (Lipinski definition) is 1. The van der Waals surface area contributed by atoms with Gasteiger partial charge in [-0.05, 0) is 30.7 Å². The summed E-state index contributed by atoms with van der Waals surface area (Å²) in [7, 11) is 1.61. The number of anilines is 1. The lowest BCUT2D eigenvalue weighted by Crippen LogP contribution is -2.07. The van der Waals surface area contributed by atoms with E-state index < -0.39 is 0 Å². The van der Waals surface area contributed by atoms with Crippen molar-refractivity contribution >= 4 is 6.01 Å². The second kappa shape index (κ2) is 5.59. The number of hydrogen-bond acceptors (Lipinski definition) is 5. The summed E-state index contributed by atoms with van der Waals surface area (Å²) in [5.74, 6) is 0.0428. The number of nitrogens with one attached hydrogen (secondary N) is 1.